The largest absolute Gasteiger partial charge is 0.508 e. The number of phenolic OH excluding ortho intramolecular Hbond substituents is 1. The van der Waals surface area contributed by atoms with Crippen LogP contribution in [-0.4, -0.2) is 40.7 Å². The van der Waals surface area contributed by atoms with Gasteiger partial charge in [0, 0.05) is 30.3 Å². The van der Waals surface area contributed by atoms with Crippen LogP contribution in [0.25, 0.3) is 20.8 Å². The number of fused-ring (bicyclic) bond motifs is 4. The molecule has 3 fully saturated rings. The fraction of sp³-hybridized carbons (Fsp3) is 0.381. The van der Waals surface area contributed by atoms with Crippen molar-refractivity contribution in [2.24, 2.45) is 5.92 Å². The molecule has 5 heteroatoms. The van der Waals surface area contributed by atoms with E-state index in [1.807, 2.05) is 24.3 Å². The Morgan fingerprint density at radius 1 is 1.15 bits per heavy atom. The molecular formula is C21H23N3OS. The summed E-state index contributed by atoms with van der Waals surface area (Å²) in [6, 6.07) is 14.6. The van der Waals surface area contributed by atoms with Crippen molar-refractivity contribution in [3.05, 3.63) is 48.0 Å². The summed E-state index contributed by atoms with van der Waals surface area (Å²) in [4.78, 5) is 7.30. The smallest absolute Gasteiger partial charge is 0.124 e. The van der Waals surface area contributed by atoms with E-state index >= 15 is 0 Å². The van der Waals surface area contributed by atoms with Crippen LogP contribution in [0.5, 0.6) is 5.75 Å². The third-order valence-electron chi connectivity index (χ3n) is 5.83. The first-order valence-electron chi connectivity index (χ1n) is 9.40. The Kier molecular flexibility index (Phi) is 4.15. The SMILES string of the molecule is Oc1ccc(-c2nc3ccccc3s2)cc1CNC1CN2CCC1CC2. The van der Waals surface area contributed by atoms with Crippen molar-refractivity contribution >= 4 is 21.6 Å². The number of rotatable bonds is 4. The highest BCUT2D eigenvalue weighted by atomic mass is 32.1. The Morgan fingerprint density at radius 2 is 2.00 bits per heavy atom. The summed E-state index contributed by atoms with van der Waals surface area (Å²) in [5, 5.41) is 15.0. The van der Waals surface area contributed by atoms with Crippen molar-refractivity contribution in [1.82, 2.24) is 15.2 Å². The Hall–Kier alpha value is -1.95. The first-order valence-corrected chi connectivity index (χ1v) is 10.2. The molecule has 0 radical (unpaired) electrons. The quantitative estimate of drug-likeness (QED) is 0.737. The summed E-state index contributed by atoms with van der Waals surface area (Å²) in [6.07, 6.45) is 2.60. The molecule has 3 aliphatic heterocycles. The predicted octanol–water partition coefficient (Wildman–Crippen LogP) is 3.85. The van der Waals surface area contributed by atoms with Crippen LogP contribution in [-0.2, 0) is 6.54 Å². The van der Waals surface area contributed by atoms with E-state index in [0.29, 0.717) is 18.3 Å². The molecule has 2 aromatic carbocycles. The van der Waals surface area contributed by atoms with E-state index in [2.05, 4.69) is 22.3 Å². The highest BCUT2D eigenvalue weighted by molar-refractivity contribution is 7.21. The second-order valence-corrected chi connectivity index (χ2v) is 8.49. The van der Waals surface area contributed by atoms with Gasteiger partial charge in [-0.1, -0.05) is 12.1 Å². The average molecular weight is 366 g/mol. The van der Waals surface area contributed by atoms with Crippen molar-refractivity contribution in [3.8, 4) is 16.3 Å². The zero-order valence-electron chi connectivity index (χ0n) is 14.7. The summed E-state index contributed by atoms with van der Waals surface area (Å²) >= 11 is 1.70. The molecule has 3 aliphatic rings. The summed E-state index contributed by atoms with van der Waals surface area (Å²) < 4.78 is 1.20. The van der Waals surface area contributed by atoms with E-state index in [1.54, 1.807) is 17.4 Å². The van der Waals surface area contributed by atoms with E-state index in [9.17, 15) is 5.11 Å². The van der Waals surface area contributed by atoms with Gasteiger partial charge >= 0.3 is 0 Å². The lowest BCUT2D eigenvalue weighted by atomic mass is 9.84. The number of aromatic hydroxyl groups is 1. The minimum atomic E-state index is 0.364. The number of hydrogen-bond donors (Lipinski definition) is 2. The minimum Gasteiger partial charge on any atom is -0.508 e. The number of nitrogens with zero attached hydrogens (tertiary/aromatic N) is 2. The van der Waals surface area contributed by atoms with Gasteiger partial charge in [-0.3, -0.25) is 0 Å². The number of phenols is 1. The van der Waals surface area contributed by atoms with E-state index < -0.39 is 0 Å². The molecule has 2 N–H and O–H groups in total. The Labute approximate surface area is 157 Å². The maximum absolute atomic E-state index is 10.3. The van der Waals surface area contributed by atoms with Crippen LogP contribution in [0.1, 0.15) is 18.4 Å². The maximum Gasteiger partial charge on any atom is 0.124 e. The van der Waals surface area contributed by atoms with Gasteiger partial charge in [-0.15, -0.1) is 11.3 Å². The molecule has 0 saturated carbocycles. The molecule has 2 bridgehead atoms. The van der Waals surface area contributed by atoms with Crippen LogP contribution >= 0.6 is 11.3 Å². The number of thiazole rings is 1. The molecule has 4 nitrogen and oxygen atoms in total. The molecule has 1 atom stereocenters. The highest BCUT2D eigenvalue weighted by Crippen LogP contribution is 2.33. The average Bonchev–Trinajstić information content (AvgIpc) is 3.12. The standard InChI is InChI=1S/C21H23N3OS/c25-19-6-5-15(21-23-17-3-1-2-4-20(17)26-21)11-16(19)12-22-18-13-24-9-7-14(18)8-10-24/h1-6,11,14,18,22,25H,7-10,12-13H2. The summed E-state index contributed by atoms with van der Waals surface area (Å²) in [6.45, 7) is 4.35. The molecular weight excluding hydrogens is 342 g/mol. The van der Waals surface area contributed by atoms with Gasteiger partial charge in [0.05, 0.1) is 10.2 Å². The van der Waals surface area contributed by atoms with Crippen molar-refractivity contribution in [2.75, 3.05) is 19.6 Å². The van der Waals surface area contributed by atoms with E-state index in [-0.39, 0.29) is 0 Å². The fourth-order valence-electron chi connectivity index (χ4n) is 4.29. The lowest BCUT2D eigenvalue weighted by Gasteiger charge is -2.45. The number of nitrogens with one attached hydrogen (secondary N) is 1. The molecule has 0 amide bonds. The molecule has 134 valence electrons. The third kappa shape index (κ3) is 3.00. The van der Waals surface area contributed by atoms with Gasteiger partial charge in [-0.2, -0.15) is 0 Å². The maximum atomic E-state index is 10.3. The molecule has 0 spiro atoms. The monoisotopic (exact) mass is 365 g/mol. The summed E-state index contributed by atoms with van der Waals surface area (Å²) in [5.41, 5.74) is 3.07. The first kappa shape index (κ1) is 16.2. The molecule has 0 aliphatic carbocycles. The number of aromatic nitrogens is 1. The molecule has 3 saturated heterocycles. The van der Waals surface area contributed by atoms with Crippen molar-refractivity contribution in [2.45, 2.75) is 25.4 Å². The Morgan fingerprint density at radius 3 is 2.77 bits per heavy atom. The lowest BCUT2D eigenvalue weighted by molar-refractivity contribution is 0.0719. The highest BCUT2D eigenvalue weighted by Gasteiger charge is 2.33. The van der Waals surface area contributed by atoms with Crippen LogP contribution in [0.2, 0.25) is 0 Å². The normalized spacial score (nSPS) is 25.0. The van der Waals surface area contributed by atoms with Crippen LogP contribution in [0.4, 0.5) is 0 Å². The van der Waals surface area contributed by atoms with Crippen molar-refractivity contribution in [3.63, 3.8) is 0 Å². The summed E-state index contributed by atoms with van der Waals surface area (Å²) in [5.74, 6) is 1.15. The van der Waals surface area contributed by atoms with Gasteiger partial charge < -0.3 is 15.3 Å². The Balaban J connectivity index is 1.36. The Bertz CT molecular complexity index is 897. The lowest BCUT2D eigenvalue weighted by Crippen LogP contribution is -2.55. The van der Waals surface area contributed by atoms with E-state index in [4.69, 9.17) is 4.98 Å². The van der Waals surface area contributed by atoms with Gasteiger partial charge in [0.15, 0.2) is 0 Å². The molecule has 3 aromatic rings. The first-order chi connectivity index (χ1) is 12.8. The van der Waals surface area contributed by atoms with Crippen LogP contribution < -0.4 is 5.32 Å². The fourth-order valence-corrected chi connectivity index (χ4v) is 5.26. The third-order valence-corrected chi connectivity index (χ3v) is 6.92. The second-order valence-electron chi connectivity index (χ2n) is 7.46. The topological polar surface area (TPSA) is 48.4 Å². The number of hydrogen-bond acceptors (Lipinski definition) is 5. The van der Waals surface area contributed by atoms with Gasteiger partial charge in [0.1, 0.15) is 10.8 Å². The zero-order chi connectivity index (χ0) is 17.5. The van der Waals surface area contributed by atoms with Crippen molar-refractivity contribution < 1.29 is 5.11 Å². The van der Waals surface area contributed by atoms with E-state index in [0.717, 1.165) is 34.1 Å². The van der Waals surface area contributed by atoms with Gasteiger partial charge in [-0.05, 0) is 62.2 Å². The van der Waals surface area contributed by atoms with E-state index in [1.165, 1.54) is 30.6 Å². The molecule has 1 unspecified atom stereocenters. The number of piperidine rings is 3. The number of para-hydroxylation sites is 1. The molecule has 1 aromatic heterocycles. The zero-order valence-corrected chi connectivity index (χ0v) is 15.5. The predicted molar refractivity (Wildman–Crippen MR) is 107 cm³/mol. The number of benzene rings is 2. The molecule has 6 rings (SSSR count). The van der Waals surface area contributed by atoms with Gasteiger partial charge in [0.2, 0.25) is 0 Å². The van der Waals surface area contributed by atoms with Crippen LogP contribution in [0.3, 0.4) is 0 Å². The minimum absolute atomic E-state index is 0.364. The van der Waals surface area contributed by atoms with Crippen LogP contribution in [0, 0.1) is 5.92 Å². The van der Waals surface area contributed by atoms with Crippen LogP contribution in [0.15, 0.2) is 42.5 Å². The molecule has 26 heavy (non-hydrogen) atoms. The van der Waals surface area contributed by atoms with Gasteiger partial charge in [0.25, 0.3) is 0 Å². The van der Waals surface area contributed by atoms with Crippen molar-refractivity contribution in [1.29, 1.82) is 0 Å². The second kappa shape index (κ2) is 6.65. The molecule has 4 heterocycles. The summed E-state index contributed by atoms with van der Waals surface area (Å²) in [7, 11) is 0. The van der Waals surface area contributed by atoms with Gasteiger partial charge in [-0.25, -0.2) is 4.98 Å².